The predicted molar refractivity (Wildman–Crippen MR) is 112 cm³/mol. The van der Waals surface area contributed by atoms with Crippen LogP contribution in [0.4, 0.5) is 4.39 Å². The molecule has 5 atom stereocenters. The lowest BCUT2D eigenvalue weighted by Crippen LogP contribution is -2.55. The van der Waals surface area contributed by atoms with Crippen molar-refractivity contribution >= 4 is 35.0 Å². The fourth-order valence-electron chi connectivity index (χ4n) is 3.23. The third-order valence-electron chi connectivity index (χ3n) is 4.80. The summed E-state index contributed by atoms with van der Waals surface area (Å²) in [5, 5.41) is 40.1. The van der Waals surface area contributed by atoms with E-state index in [2.05, 4.69) is 15.3 Å². The molecule has 0 radical (unpaired) electrons. The van der Waals surface area contributed by atoms with E-state index in [1.54, 1.807) is 18.2 Å². The van der Waals surface area contributed by atoms with Crippen molar-refractivity contribution in [2.75, 3.05) is 6.61 Å². The maximum Gasteiger partial charge on any atom is 0.141 e. The van der Waals surface area contributed by atoms with Crippen LogP contribution in [0.1, 0.15) is 6.04 Å². The van der Waals surface area contributed by atoms with Crippen LogP contribution in [-0.2, 0) is 4.74 Å². The second-order valence-corrected chi connectivity index (χ2v) is 8.82. The minimum Gasteiger partial charge on any atom is -0.394 e. The quantitative estimate of drug-likeness (QED) is 0.504. The van der Waals surface area contributed by atoms with Gasteiger partial charge in [-0.15, -0.1) is 5.10 Å². The molecular formula is C19H17Cl2FN4O4S. The summed E-state index contributed by atoms with van der Waals surface area (Å²) >= 11 is 13.2. The number of thioether (sulfide) groups is 1. The van der Waals surface area contributed by atoms with Crippen LogP contribution in [0.25, 0.3) is 11.4 Å². The fraction of sp³-hybridized carbons (Fsp3) is 0.316. The zero-order valence-electron chi connectivity index (χ0n) is 15.7. The van der Waals surface area contributed by atoms with Crippen molar-refractivity contribution in [3.05, 3.63) is 58.6 Å². The van der Waals surface area contributed by atoms with Gasteiger partial charge in [0.05, 0.1) is 34.7 Å². The molecule has 2 aromatic heterocycles. The Morgan fingerprint density at radius 1 is 1.10 bits per heavy atom. The maximum absolute atomic E-state index is 13.1. The van der Waals surface area contributed by atoms with Gasteiger partial charge in [0.25, 0.3) is 0 Å². The zero-order chi connectivity index (χ0) is 22.1. The Morgan fingerprint density at radius 3 is 2.58 bits per heavy atom. The van der Waals surface area contributed by atoms with Gasteiger partial charge in [-0.3, -0.25) is 4.98 Å². The van der Waals surface area contributed by atoms with Gasteiger partial charge >= 0.3 is 0 Å². The topological polar surface area (TPSA) is 114 Å². The largest absolute Gasteiger partial charge is 0.394 e. The van der Waals surface area contributed by atoms with E-state index in [1.165, 1.54) is 34.8 Å². The Labute approximate surface area is 190 Å². The van der Waals surface area contributed by atoms with Crippen LogP contribution in [0.15, 0.2) is 47.6 Å². The van der Waals surface area contributed by atoms with Gasteiger partial charge < -0.3 is 20.1 Å². The number of halogens is 3. The van der Waals surface area contributed by atoms with E-state index >= 15 is 0 Å². The first-order chi connectivity index (χ1) is 14.9. The molecule has 0 spiro atoms. The van der Waals surface area contributed by atoms with Crippen molar-refractivity contribution in [3.63, 3.8) is 0 Å². The van der Waals surface area contributed by atoms with E-state index < -0.39 is 42.2 Å². The normalized spacial score (nSPS) is 26.2. The van der Waals surface area contributed by atoms with Gasteiger partial charge in [0.1, 0.15) is 41.3 Å². The molecule has 8 nitrogen and oxygen atoms in total. The van der Waals surface area contributed by atoms with Crippen molar-refractivity contribution in [1.82, 2.24) is 20.0 Å². The maximum atomic E-state index is 13.1. The number of aromatic nitrogens is 4. The molecule has 31 heavy (non-hydrogen) atoms. The van der Waals surface area contributed by atoms with Crippen molar-refractivity contribution in [2.45, 2.75) is 34.7 Å². The van der Waals surface area contributed by atoms with Crippen LogP contribution in [0, 0.1) is 5.82 Å². The van der Waals surface area contributed by atoms with E-state index in [9.17, 15) is 19.7 Å². The Morgan fingerprint density at radius 2 is 1.90 bits per heavy atom. The number of nitrogens with zero attached hydrogens (tertiary/aromatic N) is 4. The first-order valence-corrected chi connectivity index (χ1v) is 10.8. The van der Waals surface area contributed by atoms with E-state index in [-0.39, 0.29) is 0 Å². The Hall–Kier alpha value is -1.79. The lowest BCUT2D eigenvalue weighted by Gasteiger charge is -2.41. The highest BCUT2D eigenvalue weighted by Crippen LogP contribution is 2.39. The lowest BCUT2D eigenvalue weighted by molar-refractivity contribution is -0.178. The van der Waals surface area contributed by atoms with Gasteiger partial charge in [0, 0.05) is 4.90 Å². The van der Waals surface area contributed by atoms with E-state index in [1.807, 2.05) is 0 Å². The summed E-state index contributed by atoms with van der Waals surface area (Å²) in [6.07, 6.45) is -0.907. The van der Waals surface area contributed by atoms with Gasteiger partial charge in [-0.25, -0.2) is 9.07 Å². The third-order valence-corrected chi connectivity index (χ3v) is 6.68. The minimum atomic E-state index is -1.26. The summed E-state index contributed by atoms with van der Waals surface area (Å²) in [5.41, 5.74) is -0.136. The molecule has 1 fully saturated rings. The molecular weight excluding hydrogens is 470 g/mol. The second kappa shape index (κ2) is 9.37. The number of rotatable bonds is 5. The number of hydrogen-bond acceptors (Lipinski definition) is 8. The molecule has 0 saturated carbocycles. The SMILES string of the molecule is OCC1OC(Sc2ccc(Cl)c(Cl)c2)C(O)C(n2cc(-c3ccc(F)cn3)nn2)C1O. The number of ether oxygens (including phenoxy) is 1. The zero-order valence-corrected chi connectivity index (χ0v) is 18.0. The highest BCUT2D eigenvalue weighted by molar-refractivity contribution is 7.99. The molecule has 1 saturated heterocycles. The first kappa shape index (κ1) is 22.4. The fourth-order valence-corrected chi connectivity index (χ4v) is 4.69. The van der Waals surface area contributed by atoms with Crippen LogP contribution in [0.2, 0.25) is 10.0 Å². The highest BCUT2D eigenvalue weighted by atomic mass is 35.5. The number of hydrogen-bond donors (Lipinski definition) is 3. The average Bonchev–Trinajstić information content (AvgIpc) is 3.23. The van der Waals surface area contributed by atoms with Crippen molar-refractivity contribution in [2.24, 2.45) is 0 Å². The van der Waals surface area contributed by atoms with Gasteiger partial charge in [-0.1, -0.05) is 40.2 Å². The summed E-state index contributed by atoms with van der Waals surface area (Å²) in [4.78, 5) is 4.63. The van der Waals surface area contributed by atoms with Crippen LogP contribution in [0.3, 0.4) is 0 Å². The Kier molecular flexibility index (Phi) is 6.77. The minimum absolute atomic E-state index is 0.333. The molecule has 1 aliphatic heterocycles. The van der Waals surface area contributed by atoms with E-state index in [4.69, 9.17) is 27.9 Å². The van der Waals surface area contributed by atoms with E-state index in [0.29, 0.717) is 26.3 Å². The molecule has 164 valence electrons. The summed E-state index contributed by atoms with van der Waals surface area (Å²) in [5.74, 6) is -0.487. The first-order valence-electron chi connectivity index (χ1n) is 9.15. The smallest absolute Gasteiger partial charge is 0.141 e. The summed E-state index contributed by atoms with van der Waals surface area (Å²) < 4.78 is 20.1. The molecule has 12 heteroatoms. The highest BCUT2D eigenvalue weighted by Gasteiger charge is 2.46. The van der Waals surface area contributed by atoms with Gasteiger partial charge in [-0.2, -0.15) is 0 Å². The van der Waals surface area contributed by atoms with Gasteiger partial charge in [-0.05, 0) is 30.3 Å². The van der Waals surface area contributed by atoms with Gasteiger partial charge in [0.2, 0.25) is 0 Å². The lowest BCUT2D eigenvalue weighted by atomic mass is 9.97. The molecule has 0 aliphatic carbocycles. The monoisotopic (exact) mass is 486 g/mol. The molecule has 1 aromatic carbocycles. The van der Waals surface area contributed by atoms with Crippen molar-refractivity contribution < 1.29 is 24.4 Å². The molecule has 0 bridgehead atoms. The van der Waals surface area contributed by atoms with Gasteiger partial charge in [0.15, 0.2) is 0 Å². The van der Waals surface area contributed by atoms with Crippen LogP contribution in [-0.4, -0.2) is 65.7 Å². The number of benzene rings is 1. The number of aliphatic hydroxyl groups is 3. The van der Waals surface area contributed by atoms with E-state index in [0.717, 1.165) is 6.20 Å². The standard InChI is InChI=1S/C19H17Cl2FN4O4S/c20-11-3-2-10(5-12(11)21)31-19-18(29)16(17(28)15(8-27)30-19)26-7-14(24-25-26)13-4-1-9(22)6-23-13/h1-7,15-19,27-29H,8H2. The number of pyridine rings is 1. The molecule has 5 unspecified atom stereocenters. The summed E-state index contributed by atoms with van der Waals surface area (Å²) in [7, 11) is 0. The third kappa shape index (κ3) is 4.70. The number of aliphatic hydroxyl groups excluding tert-OH is 3. The molecule has 0 amide bonds. The second-order valence-electron chi connectivity index (χ2n) is 6.84. The summed E-state index contributed by atoms with van der Waals surface area (Å²) in [6.45, 7) is -0.468. The molecule has 1 aliphatic rings. The van der Waals surface area contributed by atoms with Crippen molar-refractivity contribution in [1.29, 1.82) is 0 Å². The molecule has 3 heterocycles. The van der Waals surface area contributed by atoms with Crippen LogP contribution >= 0.6 is 35.0 Å². The Balaban J connectivity index is 1.61. The average molecular weight is 487 g/mol. The Bertz CT molecular complexity index is 1060. The summed E-state index contributed by atoms with van der Waals surface area (Å²) in [6, 6.07) is 6.69. The molecule has 4 rings (SSSR count). The van der Waals surface area contributed by atoms with Crippen LogP contribution < -0.4 is 0 Å². The predicted octanol–water partition coefficient (Wildman–Crippen LogP) is 2.56. The van der Waals surface area contributed by atoms with Crippen LogP contribution in [0.5, 0.6) is 0 Å². The van der Waals surface area contributed by atoms with Crippen molar-refractivity contribution in [3.8, 4) is 11.4 Å². The molecule has 3 aromatic rings. The molecule has 3 N–H and O–H groups in total.